The molecule has 0 aromatic heterocycles. The minimum Gasteiger partial charge on any atom is -0.327 e. The summed E-state index contributed by atoms with van der Waals surface area (Å²) in [5, 5.41) is 3.88. The normalized spacial score (nSPS) is 21.6. The number of amides is 1. The van der Waals surface area contributed by atoms with Crippen molar-refractivity contribution in [3.05, 3.63) is 0 Å². The highest BCUT2D eigenvalue weighted by Gasteiger charge is 2.30. The Bertz CT molecular complexity index is 191. The first-order valence-electron chi connectivity index (χ1n) is 4.85. The number of nitrogens with two attached hydrogens (primary N) is 1. The maximum absolute atomic E-state index is 11.5. The van der Waals surface area contributed by atoms with Gasteiger partial charge in [-0.3, -0.25) is 9.80 Å². The van der Waals surface area contributed by atoms with Crippen LogP contribution in [0.1, 0.15) is 27.2 Å². The fraction of sp³-hybridized carbons (Fsp3) is 0.889. The van der Waals surface area contributed by atoms with Crippen molar-refractivity contribution in [1.82, 2.24) is 10.0 Å². The van der Waals surface area contributed by atoms with E-state index in [4.69, 9.17) is 5.73 Å². The number of carbonyl (C=O) groups excluding carboxylic acids is 1. The summed E-state index contributed by atoms with van der Waals surface area (Å²) in [5.41, 5.74) is 5.70. The smallest absolute Gasteiger partial charge is 0.238 e. The largest absolute Gasteiger partial charge is 0.327 e. The van der Waals surface area contributed by atoms with Crippen molar-refractivity contribution in [2.24, 2.45) is 5.73 Å². The van der Waals surface area contributed by atoms with Gasteiger partial charge in [0, 0.05) is 31.6 Å². The fourth-order valence-electron chi connectivity index (χ4n) is 1.73. The zero-order valence-electron chi connectivity index (χ0n) is 8.66. The first-order chi connectivity index (χ1) is 6.02. The molecule has 0 radical (unpaired) electrons. The molecule has 0 bridgehead atoms. The Morgan fingerprint density at radius 3 is 2.54 bits per heavy atom. The van der Waals surface area contributed by atoms with Gasteiger partial charge in [-0.15, -0.1) is 0 Å². The van der Waals surface area contributed by atoms with Crippen molar-refractivity contribution < 1.29 is 4.79 Å². The van der Waals surface area contributed by atoms with Gasteiger partial charge < -0.3 is 5.73 Å². The molecular weight excluding hydrogens is 166 g/mol. The molecule has 0 saturated carbocycles. The van der Waals surface area contributed by atoms with Crippen LogP contribution >= 0.6 is 0 Å². The second-order valence-corrected chi connectivity index (χ2v) is 3.97. The van der Waals surface area contributed by atoms with Crippen LogP contribution in [0.15, 0.2) is 0 Å². The highest BCUT2D eigenvalue weighted by molar-refractivity contribution is 5.77. The Labute approximate surface area is 79.6 Å². The lowest BCUT2D eigenvalue weighted by Crippen LogP contribution is -2.47. The molecule has 1 unspecified atom stereocenters. The van der Waals surface area contributed by atoms with Crippen molar-refractivity contribution >= 4 is 5.91 Å². The molecule has 0 aromatic carbocycles. The zero-order valence-corrected chi connectivity index (χ0v) is 8.66. The lowest BCUT2D eigenvalue weighted by molar-refractivity contribution is -0.141. The maximum Gasteiger partial charge on any atom is 0.238 e. The molecule has 76 valence electrons. The third-order valence-corrected chi connectivity index (χ3v) is 2.13. The third kappa shape index (κ3) is 2.42. The summed E-state index contributed by atoms with van der Waals surface area (Å²) < 4.78 is 0. The maximum atomic E-state index is 11.5. The third-order valence-electron chi connectivity index (χ3n) is 2.13. The van der Waals surface area contributed by atoms with E-state index in [0.717, 1.165) is 13.1 Å². The fourth-order valence-corrected chi connectivity index (χ4v) is 1.73. The molecule has 4 heteroatoms. The molecule has 2 N–H and O–H groups in total. The quantitative estimate of drug-likeness (QED) is 0.683. The van der Waals surface area contributed by atoms with E-state index < -0.39 is 0 Å². The van der Waals surface area contributed by atoms with Crippen LogP contribution in [-0.2, 0) is 4.79 Å². The predicted octanol–water partition coefficient (Wildman–Crippen LogP) is 0.191. The van der Waals surface area contributed by atoms with Gasteiger partial charge in [-0.1, -0.05) is 0 Å². The highest BCUT2D eigenvalue weighted by Crippen LogP contribution is 2.15. The Morgan fingerprint density at radius 1 is 1.46 bits per heavy atom. The van der Waals surface area contributed by atoms with E-state index in [2.05, 4.69) is 5.01 Å². The lowest BCUT2D eigenvalue weighted by Gasteiger charge is -2.32. The van der Waals surface area contributed by atoms with Crippen molar-refractivity contribution in [2.75, 3.05) is 13.1 Å². The molecule has 1 aliphatic rings. The number of hydrogen-bond donors (Lipinski definition) is 1. The summed E-state index contributed by atoms with van der Waals surface area (Å²) in [4.78, 5) is 11.5. The number of rotatable bonds is 3. The standard InChI is InChI=1S/C9H19N3O/c1-7(2)12-9(13)4-5-11(12)6-8(3)10/h7-8H,4-6,10H2,1-3H3. The lowest BCUT2D eigenvalue weighted by atomic mass is 10.3. The summed E-state index contributed by atoms with van der Waals surface area (Å²) in [7, 11) is 0. The average Bonchev–Trinajstić information content (AvgIpc) is 2.30. The van der Waals surface area contributed by atoms with Crippen LogP contribution in [0.4, 0.5) is 0 Å². The topological polar surface area (TPSA) is 49.6 Å². The molecule has 1 rings (SSSR count). The van der Waals surface area contributed by atoms with E-state index >= 15 is 0 Å². The van der Waals surface area contributed by atoms with Crippen LogP contribution in [0.3, 0.4) is 0 Å². The van der Waals surface area contributed by atoms with E-state index in [1.54, 1.807) is 0 Å². The Morgan fingerprint density at radius 2 is 2.08 bits per heavy atom. The Kier molecular flexibility index (Phi) is 3.27. The summed E-state index contributed by atoms with van der Waals surface area (Å²) in [6.45, 7) is 7.60. The van der Waals surface area contributed by atoms with E-state index in [1.807, 2.05) is 25.8 Å². The van der Waals surface area contributed by atoms with Gasteiger partial charge in [0.05, 0.1) is 0 Å². The first kappa shape index (κ1) is 10.5. The summed E-state index contributed by atoms with van der Waals surface area (Å²) in [6.07, 6.45) is 0.630. The van der Waals surface area contributed by atoms with Gasteiger partial charge in [0.25, 0.3) is 0 Å². The van der Waals surface area contributed by atoms with Crippen LogP contribution in [0.2, 0.25) is 0 Å². The SMILES string of the molecule is CC(N)CN1CCC(=O)N1C(C)C. The molecule has 13 heavy (non-hydrogen) atoms. The van der Waals surface area contributed by atoms with Crippen LogP contribution in [0.25, 0.3) is 0 Å². The van der Waals surface area contributed by atoms with Crippen molar-refractivity contribution in [3.63, 3.8) is 0 Å². The van der Waals surface area contributed by atoms with Gasteiger partial charge in [0.15, 0.2) is 0 Å². The van der Waals surface area contributed by atoms with Gasteiger partial charge in [0.2, 0.25) is 5.91 Å². The summed E-state index contributed by atoms with van der Waals surface area (Å²) in [6, 6.07) is 0.362. The molecule has 1 heterocycles. The predicted molar refractivity (Wildman–Crippen MR) is 51.8 cm³/mol. The zero-order chi connectivity index (χ0) is 10.0. The number of nitrogens with zero attached hydrogens (tertiary/aromatic N) is 2. The second kappa shape index (κ2) is 4.07. The highest BCUT2D eigenvalue weighted by atomic mass is 16.2. The van der Waals surface area contributed by atoms with E-state index in [1.165, 1.54) is 0 Å². The molecule has 1 fully saturated rings. The van der Waals surface area contributed by atoms with Crippen molar-refractivity contribution in [3.8, 4) is 0 Å². The van der Waals surface area contributed by atoms with Gasteiger partial charge in [-0.05, 0) is 20.8 Å². The molecule has 1 saturated heterocycles. The second-order valence-electron chi connectivity index (χ2n) is 3.97. The molecular formula is C9H19N3O. The molecule has 1 atom stereocenters. The van der Waals surface area contributed by atoms with Gasteiger partial charge in [-0.2, -0.15) is 0 Å². The van der Waals surface area contributed by atoms with E-state index in [-0.39, 0.29) is 18.0 Å². The summed E-state index contributed by atoms with van der Waals surface area (Å²) in [5.74, 6) is 0.218. The minimum absolute atomic E-state index is 0.118. The van der Waals surface area contributed by atoms with Crippen LogP contribution in [0, 0.1) is 0 Å². The first-order valence-corrected chi connectivity index (χ1v) is 4.85. The molecule has 0 spiro atoms. The van der Waals surface area contributed by atoms with Crippen molar-refractivity contribution in [2.45, 2.75) is 39.3 Å². The minimum atomic E-state index is 0.118. The van der Waals surface area contributed by atoms with Crippen LogP contribution in [-0.4, -0.2) is 41.1 Å². The average molecular weight is 185 g/mol. The van der Waals surface area contributed by atoms with E-state index in [9.17, 15) is 4.79 Å². The molecule has 1 amide bonds. The van der Waals surface area contributed by atoms with Crippen molar-refractivity contribution in [1.29, 1.82) is 0 Å². The number of hydrogen-bond acceptors (Lipinski definition) is 3. The Balaban J connectivity index is 2.59. The molecule has 0 aliphatic carbocycles. The van der Waals surface area contributed by atoms with Gasteiger partial charge in [-0.25, -0.2) is 5.01 Å². The molecule has 0 aromatic rings. The molecule has 1 aliphatic heterocycles. The van der Waals surface area contributed by atoms with Crippen LogP contribution in [0.5, 0.6) is 0 Å². The summed E-state index contributed by atoms with van der Waals surface area (Å²) >= 11 is 0. The van der Waals surface area contributed by atoms with Gasteiger partial charge >= 0.3 is 0 Å². The van der Waals surface area contributed by atoms with Crippen LogP contribution < -0.4 is 5.73 Å². The molecule has 4 nitrogen and oxygen atoms in total. The monoisotopic (exact) mass is 185 g/mol. The van der Waals surface area contributed by atoms with E-state index in [0.29, 0.717) is 6.42 Å². The number of carbonyl (C=O) groups is 1. The van der Waals surface area contributed by atoms with Gasteiger partial charge in [0.1, 0.15) is 0 Å². The Hall–Kier alpha value is -0.610. The number of hydrazine groups is 1.